The maximum atomic E-state index is 11.5. The van der Waals surface area contributed by atoms with Crippen LogP contribution in [-0.2, 0) is 9.53 Å². The second kappa shape index (κ2) is 7.99. The monoisotopic (exact) mass is 274 g/mol. The van der Waals surface area contributed by atoms with Crippen LogP contribution in [0.25, 0.3) is 0 Å². The molecule has 0 saturated carbocycles. The lowest BCUT2D eigenvalue weighted by Crippen LogP contribution is -2.43. The molecule has 0 spiro atoms. The van der Waals surface area contributed by atoms with Gasteiger partial charge in [-0.1, -0.05) is 0 Å². The molecule has 112 valence electrons. The molecule has 0 saturated heterocycles. The van der Waals surface area contributed by atoms with Crippen molar-refractivity contribution in [3.63, 3.8) is 0 Å². The van der Waals surface area contributed by atoms with Crippen LogP contribution in [0, 0.1) is 0 Å². The van der Waals surface area contributed by atoms with Crippen LogP contribution in [0.5, 0.6) is 0 Å². The number of carbonyl (C=O) groups excluding carboxylic acids is 1. The summed E-state index contributed by atoms with van der Waals surface area (Å²) in [6.45, 7) is 6.11. The number of rotatable bonds is 7. The van der Waals surface area contributed by atoms with Gasteiger partial charge in [0.2, 0.25) is 0 Å². The zero-order chi connectivity index (χ0) is 15.1. The molecule has 0 aliphatic rings. The van der Waals surface area contributed by atoms with Crippen LogP contribution < -0.4 is 5.32 Å². The fourth-order valence-corrected chi connectivity index (χ4v) is 1.48. The molecule has 2 N–H and O–H groups in total. The van der Waals surface area contributed by atoms with Crippen LogP contribution in [0.15, 0.2) is 0 Å². The van der Waals surface area contributed by atoms with Crippen molar-refractivity contribution in [3.05, 3.63) is 0 Å². The van der Waals surface area contributed by atoms with Crippen molar-refractivity contribution in [1.29, 1.82) is 0 Å². The predicted octanol–water partition coefficient (Wildman–Crippen LogP) is 1.70. The van der Waals surface area contributed by atoms with Crippen molar-refractivity contribution in [2.24, 2.45) is 0 Å². The summed E-state index contributed by atoms with van der Waals surface area (Å²) in [7, 11) is 3.93. The fourth-order valence-electron chi connectivity index (χ4n) is 1.48. The quantitative estimate of drug-likeness (QED) is 0.691. The molecule has 1 amide bonds. The molecular formula is C13H26N2O4. The Bertz CT molecular complexity index is 298. The fraction of sp³-hybridized carbons (Fsp3) is 0.846. The SMILES string of the molecule is CN(C)CCCCC(NC(=O)OC(C)(C)C)C(=O)O. The van der Waals surface area contributed by atoms with E-state index in [0.717, 1.165) is 19.4 Å². The van der Waals surface area contributed by atoms with E-state index in [1.807, 2.05) is 19.0 Å². The number of carbonyl (C=O) groups is 2. The Hall–Kier alpha value is -1.30. The maximum Gasteiger partial charge on any atom is 0.408 e. The molecule has 0 bridgehead atoms. The summed E-state index contributed by atoms with van der Waals surface area (Å²) in [5, 5.41) is 11.4. The molecule has 0 aliphatic carbocycles. The lowest BCUT2D eigenvalue weighted by molar-refractivity contribution is -0.139. The van der Waals surface area contributed by atoms with E-state index < -0.39 is 23.7 Å². The van der Waals surface area contributed by atoms with Gasteiger partial charge in [0, 0.05) is 0 Å². The van der Waals surface area contributed by atoms with Gasteiger partial charge in [0.15, 0.2) is 0 Å². The Labute approximate surface area is 115 Å². The number of hydrogen-bond donors (Lipinski definition) is 2. The summed E-state index contributed by atoms with van der Waals surface area (Å²) >= 11 is 0. The number of alkyl carbamates (subject to hydrolysis) is 1. The maximum absolute atomic E-state index is 11.5. The van der Waals surface area contributed by atoms with Crippen molar-refractivity contribution in [3.8, 4) is 0 Å². The van der Waals surface area contributed by atoms with Crippen LogP contribution in [0.2, 0.25) is 0 Å². The standard InChI is InChI=1S/C13H26N2O4/c1-13(2,3)19-12(18)14-10(11(16)17)8-6-7-9-15(4)5/h10H,6-9H2,1-5H3,(H,14,18)(H,16,17). The van der Waals surface area contributed by atoms with E-state index in [1.54, 1.807) is 20.8 Å². The number of carboxylic acids is 1. The molecule has 6 heteroatoms. The summed E-state index contributed by atoms with van der Waals surface area (Å²) in [5.41, 5.74) is -0.627. The molecule has 0 fully saturated rings. The Kier molecular flexibility index (Phi) is 7.44. The average Bonchev–Trinajstić information content (AvgIpc) is 2.19. The zero-order valence-electron chi connectivity index (χ0n) is 12.5. The van der Waals surface area contributed by atoms with Crippen molar-refractivity contribution < 1.29 is 19.4 Å². The van der Waals surface area contributed by atoms with Gasteiger partial charge in [-0.3, -0.25) is 0 Å². The number of ether oxygens (including phenoxy) is 1. The highest BCUT2D eigenvalue weighted by Gasteiger charge is 2.23. The van der Waals surface area contributed by atoms with Crippen LogP contribution in [0.4, 0.5) is 4.79 Å². The largest absolute Gasteiger partial charge is 0.480 e. The van der Waals surface area contributed by atoms with E-state index in [2.05, 4.69) is 5.32 Å². The molecule has 0 aromatic carbocycles. The van der Waals surface area contributed by atoms with Gasteiger partial charge in [0.1, 0.15) is 11.6 Å². The van der Waals surface area contributed by atoms with E-state index >= 15 is 0 Å². The first-order valence-electron chi connectivity index (χ1n) is 6.49. The Morgan fingerprint density at radius 3 is 2.26 bits per heavy atom. The van der Waals surface area contributed by atoms with Crippen LogP contribution >= 0.6 is 0 Å². The third kappa shape index (κ3) is 10.3. The van der Waals surface area contributed by atoms with Crippen LogP contribution in [0.3, 0.4) is 0 Å². The molecule has 0 radical (unpaired) electrons. The molecule has 0 heterocycles. The van der Waals surface area contributed by atoms with Gasteiger partial charge in [0.25, 0.3) is 0 Å². The topological polar surface area (TPSA) is 78.9 Å². The van der Waals surface area contributed by atoms with Gasteiger partial charge in [-0.15, -0.1) is 0 Å². The molecular weight excluding hydrogens is 248 g/mol. The first-order valence-corrected chi connectivity index (χ1v) is 6.49. The second-order valence-corrected chi connectivity index (χ2v) is 5.84. The lowest BCUT2D eigenvalue weighted by Gasteiger charge is -2.22. The summed E-state index contributed by atoms with van der Waals surface area (Å²) in [6, 6.07) is -0.892. The number of amides is 1. The summed E-state index contributed by atoms with van der Waals surface area (Å²) in [6.07, 6.45) is 1.35. The van der Waals surface area contributed by atoms with E-state index in [4.69, 9.17) is 9.84 Å². The van der Waals surface area contributed by atoms with E-state index in [0.29, 0.717) is 6.42 Å². The third-order valence-electron chi connectivity index (χ3n) is 2.34. The Balaban J connectivity index is 4.12. The number of nitrogens with zero attached hydrogens (tertiary/aromatic N) is 1. The van der Waals surface area contributed by atoms with Gasteiger partial charge in [-0.2, -0.15) is 0 Å². The molecule has 0 aromatic heterocycles. The highest BCUT2D eigenvalue weighted by atomic mass is 16.6. The zero-order valence-corrected chi connectivity index (χ0v) is 12.5. The Morgan fingerprint density at radius 1 is 1.26 bits per heavy atom. The van der Waals surface area contributed by atoms with Gasteiger partial charge < -0.3 is 20.1 Å². The highest BCUT2D eigenvalue weighted by molar-refractivity contribution is 5.79. The number of carboxylic acid groups (broad SMARTS) is 1. The number of unbranched alkanes of at least 4 members (excludes halogenated alkanes) is 1. The molecule has 0 aromatic rings. The molecule has 6 nitrogen and oxygen atoms in total. The van der Waals surface area contributed by atoms with E-state index in [9.17, 15) is 9.59 Å². The van der Waals surface area contributed by atoms with Crippen molar-refractivity contribution in [1.82, 2.24) is 10.2 Å². The summed E-state index contributed by atoms with van der Waals surface area (Å²) in [5.74, 6) is -1.03. The minimum atomic E-state index is -1.03. The lowest BCUT2D eigenvalue weighted by atomic mass is 10.1. The molecule has 19 heavy (non-hydrogen) atoms. The Morgan fingerprint density at radius 2 is 1.84 bits per heavy atom. The third-order valence-corrected chi connectivity index (χ3v) is 2.34. The van der Waals surface area contributed by atoms with Crippen LogP contribution in [-0.4, -0.2) is 54.4 Å². The van der Waals surface area contributed by atoms with Gasteiger partial charge >= 0.3 is 12.1 Å². The smallest absolute Gasteiger partial charge is 0.408 e. The second-order valence-electron chi connectivity index (χ2n) is 5.84. The first kappa shape index (κ1) is 17.7. The number of nitrogens with one attached hydrogen (secondary N) is 1. The summed E-state index contributed by atoms with van der Waals surface area (Å²) in [4.78, 5) is 24.6. The van der Waals surface area contributed by atoms with Crippen molar-refractivity contribution in [2.45, 2.75) is 51.7 Å². The minimum Gasteiger partial charge on any atom is -0.480 e. The first-order chi connectivity index (χ1) is 8.61. The van der Waals surface area contributed by atoms with Crippen molar-refractivity contribution >= 4 is 12.1 Å². The van der Waals surface area contributed by atoms with E-state index in [1.165, 1.54) is 0 Å². The highest BCUT2D eigenvalue weighted by Crippen LogP contribution is 2.08. The van der Waals surface area contributed by atoms with Gasteiger partial charge in [-0.25, -0.2) is 9.59 Å². The number of aliphatic carboxylic acids is 1. The average molecular weight is 274 g/mol. The normalized spacial score (nSPS) is 13.2. The van der Waals surface area contributed by atoms with Gasteiger partial charge in [0.05, 0.1) is 0 Å². The molecule has 0 aliphatic heterocycles. The van der Waals surface area contributed by atoms with Crippen LogP contribution in [0.1, 0.15) is 40.0 Å². The van der Waals surface area contributed by atoms with Gasteiger partial charge in [-0.05, 0) is 60.7 Å². The molecule has 1 atom stereocenters. The number of hydrogen-bond acceptors (Lipinski definition) is 4. The molecule has 1 unspecified atom stereocenters. The minimum absolute atomic E-state index is 0.405. The predicted molar refractivity (Wildman–Crippen MR) is 73.2 cm³/mol. The van der Waals surface area contributed by atoms with Crippen molar-refractivity contribution in [2.75, 3.05) is 20.6 Å². The summed E-state index contributed by atoms with van der Waals surface area (Å²) < 4.78 is 5.04. The molecule has 0 rings (SSSR count). The van der Waals surface area contributed by atoms with E-state index in [-0.39, 0.29) is 0 Å².